The molecule has 1 aliphatic carbocycles. The van der Waals surface area contributed by atoms with Gasteiger partial charge >= 0.3 is 0 Å². The Bertz CT molecular complexity index is 912. The minimum atomic E-state index is -0.171. The summed E-state index contributed by atoms with van der Waals surface area (Å²) < 4.78 is 12.1. The highest BCUT2D eigenvalue weighted by atomic mass is 19.1. The number of halogens is 1. The van der Waals surface area contributed by atoms with E-state index in [4.69, 9.17) is 0 Å². The normalized spacial score (nSPS) is 12.0. The summed E-state index contributed by atoms with van der Waals surface area (Å²) in [6, 6.07) is 25.9. The Morgan fingerprint density at radius 1 is 0.906 bits per heavy atom. The number of ketones is 1. The maximum Gasteiger partial charge on any atom is 0.134 e. The van der Waals surface area contributed by atoms with Gasteiger partial charge in [0, 0.05) is 24.7 Å². The van der Waals surface area contributed by atoms with Crippen molar-refractivity contribution in [3.05, 3.63) is 101 Å². The molecule has 0 spiro atoms. The van der Waals surface area contributed by atoms with Crippen molar-refractivity contribution in [1.82, 2.24) is 0 Å². The third kappa shape index (κ3) is 9.47. The summed E-state index contributed by atoms with van der Waals surface area (Å²) in [6.07, 6.45) is 4.45. The zero-order valence-corrected chi connectivity index (χ0v) is 19.9. The third-order valence-corrected chi connectivity index (χ3v) is 5.29. The largest absolute Gasteiger partial charge is 0.369 e. The van der Waals surface area contributed by atoms with Crippen LogP contribution < -0.4 is 4.90 Å². The molecule has 3 aromatic rings. The molecule has 0 N–H and O–H groups in total. The standard InChI is InChI=1S/C13H19N.C9H10O.C7H7F/c1-3-11-6-5-7-13(10-11)14(4-2)12-8-9-12;1-8(10)7-9-5-3-2-4-6-9;1-6-2-4-7(8)5-3-6/h5-7,10,12H,3-4,8-9H2,1-2H3;2-6H,7H2,1H3;2-5H,1H3. The second-order valence-electron chi connectivity index (χ2n) is 8.20. The molecule has 3 heteroatoms. The summed E-state index contributed by atoms with van der Waals surface area (Å²) in [5.41, 5.74) is 5.04. The molecule has 0 amide bonds. The van der Waals surface area contributed by atoms with E-state index in [1.54, 1.807) is 19.1 Å². The van der Waals surface area contributed by atoms with Gasteiger partial charge in [0.15, 0.2) is 0 Å². The van der Waals surface area contributed by atoms with E-state index in [1.807, 2.05) is 37.3 Å². The minimum Gasteiger partial charge on any atom is -0.369 e. The van der Waals surface area contributed by atoms with Gasteiger partial charge in [-0.05, 0) is 75.4 Å². The van der Waals surface area contributed by atoms with Gasteiger partial charge in [-0.1, -0.05) is 67.1 Å². The van der Waals surface area contributed by atoms with Crippen LogP contribution in [-0.2, 0) is 17.6 Å². The number of carbonyl (C=O) groups is 1. The van der Waals surface area contributed by atoms with Gasteiger partial charge in [-0.25, -0.2) is 4.39 Å². The Morgan fingerprint density at radius 2 is 1.53 bits per heavy atom. The van der Waals surface area contributed by atoms with E-state index in [-0.39, 0.29) is 11.6 Å². The van der Waals surface area contributed by atoms with E-state index in [1.165, 1.54) is 36.2 Å². The van der Waals surface area contributed by atoms with Gasteiger partial charge in [0.1, 0.15) is 11.6 Å². The number of aryl methyl sites for hydroxylation is 2. The summed E-state index contributed by atoms with van der Waals surface area (Å²) in [5.74, 6) is 0.0433. The number of anilines is 1. The topological polar surface area (TPSA) is 20.3 Å². The molecular formula is C29H36FNO. The van der Waals surface area contributed by atoms with Crippen molar-refractivity contribution >= 4 is 11.5 Å². The molecule has 0 unspecified atom stereocenters. The molecule has 1 saturated carbocycles. The van der Waals surface area contributed by atoms with Crippen LogP contribution in [0.2, 0.25) is 0 Å². The van der Waals surface area contributed by atoms with E-state index in [0.29, 0.717) is 6.42 Å². The summed E-state index contributed by atoms with van der Waals surface area (Å²) in [4.78, 5) is 13.1. The molecule has 3 aromatic carbocycles. The number of carbonyl (C=O) groups excluding carboxylic acids is 1. The van der Waals surface area contributed by atoms with Crippen LogP contribution >= 0.6 is 0 Å². The Hall–Kier alpha value is -2.94. The highest BCUT2D eigenvalue weighted by Crippen LogP contribution is 2.31. The maximum absolute atomic E-state index is 12.1. The Kier molecular flexibility index (Phi) is 10.7. The Balaban J connectivity index is 0.000000178. The zero-order valence-electron chi connectivity index (χ0n) is 19.9. The number of nitrogens with zero attached hydrogens (tertiary/aromatic N) is 1. The van der Waals surface area contributed by atoms with E-state index in [0.717, 1.165) is 30.1 Å². The minimum absolute atomic E-state index is 0.171. The van der Waals surface area contributed by atoms with Crippen molar-refractivity contribution in [1.29, 1.82) is 0 Å². The average molecular weight is 434 g/mol. The lowest BCUT2D eigenvalue weighted by molar-refractivity contribution is -0.116. The van der Waals surface area contributed by atoms with Gasteiger partial charge in [-0.15, -0.1) is 0 Å². The fourth-order valence-electron chi connectivity index (χ4n) is 3.41. The first-order chi connectivity index (χ1) is 15.4. The number of rotatable bonds is 6. The van der Waals surface area contributed by atoms with Crippen LogP contribution in [-0.4, -0.2) is 18.4 Å². The molecule has 0 radical (unpaired) electrons. The Morgan fingerprint density at radius 3 is 2.03 bits per heavy atom. The van der Waals surface area contributed by atoms with Crippen molar-refractivity contribution in [3.63, 3.8) is 0 Å². The molecule has 32 heavy (non-hydrogen) atoms. The molecule has 1 aliphatic rings. The van der Waals surface area contributed by atoms with Crippen molar-refractivity contribution in [2.75, 3.05) is 11.4 Å². The van der Waals surface area contributed by atoms with E-state index < -0.39 is 0 Å². The lowest BCUT2D eigenvalue weighted by Gasteiger charge is -2.23. The first-order valence-electron chi connectivity index (χ1n) is 11.5. The van der Waals surface area contributed by atoms with Gasteiger partial charge in [-0.2, -0.15) is 0 Å². The molecule has 2 nitrogen and oxygen atoms in total. The maximum atomic E-state index is 12.1. The number of hydrogen-bond acceptors (Lipinski definition) is 2. The molecule has 0 aromatic heterocycles. The molecule has 0 atom stereocenters. The number of Topliss-reactive ketones (excluding diaryl/α,β-unsaturated/α-hetero) is 1. The van der Waals surface area contributed by atoms with Gasteiger partial charge in [0.2, 0.25) is 0 Å². The molecule has 0 heterocycles. The van der Waals surface area contributed by atoms with Crippen LogP contribution in [0.1, 0.15) is 50.3 Å². The fourth-order valence-corrected chi connectivity index (χ4v) is 3.41. The molecule has 170 valence electrons. The zero-order chi connectivity index (χ0) is 23.3. The van der Waals surface area contributed by atoms with Crippen LogP contribution in [0.25, 0.3) is 0 Å². The molecular weight excluding hydrogens is 397 g/mol. The third-order valence-electron chi connectivity index (χ3n) is 5.29. The van der Waals surface area contributed by atoms with E-state index in [2.05, 4.69) is 43.0 Å². The summed E-state index contributed by atoms with van der Waals surface area (Å²) in [5, 5.41) is 0. The first-order valence-corrected chi connectivity index (χ1v) is 11.5. The van der Waals surface area contributed by atoms with Gasteiger partial charge in [0.05, 0.1) is 0 Å². The summed E-state index contributed by atoms with van der Waals surface area (Å²) in [6.45, 7) is 9.13. The van der Waals surface area contributed by atoms with Gasteiger partial charge in [0.25, 0.3) is 0 Å². The predicted molar refractivity (Wildman–Crippen MR) is 134 cm³/mol. The Labute approximate surface area is 193 Å². The number of hydrogen-bond donors (Lipinski definition) is 0. The SMILES string of the molecule is CC(=O)Cc1ccccc1.CCc1cccc(N(CC)C2CC2)c1.Cc1ccc(F)cc1. The van der Waals surface area contributed by atoms with Crippen LogP contribution in [0.5, 0.6) is 0 Å². The molecule has 1 fully saturated rings. The van der Waals surface area contributed by atoms with Crippen molar-refractivity contribution < 1.29 is 9.18 Å². The van der Waals surface area contributed by atoms with Gasteiger partial charge in [-0.3, -0.25) is 4.79 Å². The van der Waals surface area contributed by atoms with E-state index >= 15 is 0 Å². The second-order valence-corrected chi connectivity index (χ2v) is 8.20. The molecule has 0 aliphatic heterocycles. The highest BCUT2D eigenvalue weighted by Gasteiger charge is 2.27. The second kappa shape index (κ2) is 13.5. The first kappa shape index (κ1) is 25.3. The monoisotopic (exact) mass is 433 g/mol. The lowest BCUT2D eigenvalue weighted by Crippen LogP contribution is -2.24. The highest BCUT2D eigenvalue weighted by molar-refractivity contribution is 5.78. The average Bonchev–Trinajstić information content (AvgIpc) is 3.63. The van der Waals surface area contributed by atoms with Crippen LogP contribution in [0.4, 0.5) is 10.1 Å². The lowest BCUT2D eigenvalue weighted by atomic mass is 10.1. The summed E-state index contributed by atoms with van der Waals surface area (Å²) in [7, 11) is 0. The summed E-state index contributed by atoms with van der Waals surface area (Å²) >= 11 is 0. The quantitative estimate of drug-likeness (QED) is 0.410. The van der Waals surface area contributed by atoms with Crippen LogP contribution in [0, 0.1) is 12.7 Å². The fraction of sp³-hybridized carbons (Fsp3) is 0.345. The predicted octanol–water partition coefficient (Wildman–Crippen LogP) is 7.19. The molecule has 0 bridgehead atoms. The van der Waals surface area contributed by atoms with Gasteiger partial charge < -0.3 is 4.90 Å². The van der Waals surface area contributed by atoms with Crippen molar-refractivity contribution in [3.8, 4) is 0 Å². The van der Waals surface area contributed by atoms with Crippen molar-refractivity contribution in [2.45, 2.75) is 59.4 Å². The molecule has 0 saturated heterocycles. The number of benzene rings is 3. The molecule has 4 rings (SSSR count). The van der Waals surface area contributed by atoms with Crippen LogP contribution in [0.3, 0.4) is 0 Å². The van der Waals surface area contributed by atoms with Crippen molar-refractivity contribution in [2.24, 2.45) is 0 Å². The van der Waals surface area contributed by atoms with E-state index in [9.17, 15) is 9.18 Å². The smallest absolute Gasteiger partial charge is 0.134 e. The van der Waals surface area contributed by atoms with Crippen LogP contribution in [0.15, 0.2) is 78.9 Å².